The Morgan fingerprint density at radius 3 is 2.60 bits per heavy atom. The van der Waals surface area contributed by atoms with Crippen molar-refractivity contribution in [1.29, 1.82) is 0 Å². The van der Waals surface area contributed by atoms with Gasteiger partial charge in [0.05, 0.1) is 11.8 Å². The van der Waals surface area contributed by atoms with Crippen LogP contribution >= 0.6 is 0 Å². The highest BCUT2D eigenvalue weighted by Gasteiger charge is 2.18. The van der Waals surface area contributed by atoms with Crippen molar-refractivity contribution in [1.82, 2.24) is 5.32 Å². The number of nitrogens with one attached hydrogen (secondary N) is 1. The van der Waals surface area contributed by atoms with Gasteiger partial charge in [0.2, 0.25) is 0 Å². The lowest BCUT2D eigenvalue weighted by molar-refractivity contribution is 0.0202. The topological polar surface area (TPSA) is 98.7 Å². The minimum Gasteiger partial charge on any atom is -0.506 e. The minimum atomic E-state index is -1.01. The summed E-state index contributed by atoms with van der Waals surface area (Å²) in [5.41, 5.74) is 6.14. The van der Waals surface area contributed by atoms with Gasteiger partial charge in [-0.1, -0.05) is 6.07 Å². The van der Waals surface area contributed by atoms with Crippen molar-refractivity contribution in [3.63, 3.8) is 0 Å². The van der Waals surface area contributed by atoms with Crippen LogP contribution in [0.4, 0.5) is 5.69 Å². The molecule has 0 amide bonds. The van der Waals surface area contributed by atoms with Crippen molar-refractivity contribution in [2.45, 2.75) is 12.2 Å². The largest absolute Gasteiger partial charge is 0.506 e. The van der Waals surface area contributed by atoms with E-state index in [9.17, 15) is 15.3 Å². The lowest BCUT2D eigenvalue weighted by Gasteiger charge is -2.18. The molecule has 0 aliphatic carbocycles. The summed E-state index contributed by atoms with van der Waals surface area (Å²) in [7, 11) is 1.68. The number of anilines is 1. The fourth-order valence-electron chi connectivity index (χ4n) is 1.30. The van der Waals surface area contributed by atoms with Crippen LogP contribution < -0.4 is 11.1 Å². The second kappa shape index (κ2) is 4.97. The molecule has 1 rings (SSSR count). The number of hydrogen-bond donors (Lipinski definition) is 5. The lowest BCUT2D eigenvalue weighted by atomic mass is 10.0. The third-order valence-electron chi connectivity index (χ3n) is 2.17. The average Bonchev–Trinajstić information content (AvgIpc) is 2.21. The van der Waals surface area contributed by atoms with Crippen molar-refractivity contribution in [2.24, 2.45) is 0 Å². The van der Waals surface area contributed by atoms with Crippen molar-refractivity contribution in [3.05, 3.63) is 23.8 Å². The predicted molar refractivity (Wildman–Crippen MR) is 57.4 cm³/mol. The molecule has 5 heteroatoms. The van der Waals surface area contributed by atoms with Gasteiger partial charge in [-0.3, -0.25) is 0 Å². The second-order valence-electron chi connectivity index (χ2n) is 3.39. The van der Waals surface area contributed by atoms with Crippen LogP contribution in [0.25, 0.3) is 0 Å². The van der Waals surface area contributed by atoms with Gasteiger partial charge in [0.15, 0.2) is 0 Å². The Labute approximate surface area is 88.2 Å². The molecule has 0 aromatic heterocycles. The van der Waals surface area contributed by atoms with Gasteiger partial charge in [-0.05, 0) is 24.7 Å². The number of aliphatic hydroxyl groups is 2. The molecule has 5 nitrogen and oxygen atoms in total. The zero-order chi connectivity index (χ0) is 11.4. The first-order chi connectivity index (χ1) is 7.06. The van der Waals surface area contributed by atoms with Gasteiger partial charge in [-0.2, -0.15) is 0 Å². The smallest absolute Gasteiger partial charge is 0.138 e. The summed E-state index contributed by atoms with van der Waals surface area (Å²) in [5, 5.41) is 31.2. The minimum absolute atomic E-state index is 0.0333. The molecule has 1 aromatic carbocycles. The van der Waals surface area contributed by atoms with E-state index >= 15 is 0 Å². The Balaban J connectivity index is 2.81. The molecule has 6 N–H and O–H groups in total. The molecule has 0 saturated carbocycles. The van der Waals surface area contributed by atoms with E-state index in [1.165, 1.54) is 18.2 Å². The Morgan fingerprint density at radius 1 is 1.40 bits per heavy atom. The maximum atomic E-state index is 9.71. The van der Waals surface area contributed by atoms with Crippen LogP contribution in [0.15, 0.2) is 18.2 Å². The summed E-state index contributed by atoms with van der Waals surface area (Å²) < 4.78 is 0. The molecular weight excluding hydrogens is 196 g/mol. The van der Waals surface area contributed by atoms with E-state index in [1.807, 2.05) is 0 Å². The van der Waals surface area contributed by atoms with E-state index < -0.39 is 12.2 Å². The first kappa shape index (κ1) is 11.8. The summed E-state index contributed by atoms with van der Waals surface area (Å²) in [6.07, 6.45) is -1.92. The summed E-state index contributed by atoms with van der Waals surface area (Å²) in [6.45, 7) is 0.280. The molecule has 84 valence electrons. The Bertz CT molecular complexity index is 330. The first-order valence-corrected chi connectivity index (χ1v) is 4.65. The molecule has 0 bridgehead atoms. The first-order valence-electron chi connectivity index (χ1n) is 4.65. The standard InChI is InChI=1S/C10H16N2O3/c1-12-5-9(14)10(15)6-2-3-8(13)7(11)4-6/h2-4,9-10,12-15H,5,11H2,1H3. The number of likely N-dealkylation sites (N-methyl/N-ethyl adjacent to an activating group) is 1. The molecule has 0 fully saturated rings. The van der Waals surface area contributed by atoms with Crippen LogP contribution in [0.5, 0.6) is 5.75 Å². The van der Waals surface area contributed by atoms with Crippen molar-refractivity contribution >= 4 is 5.69 Å². The maximum Gasteiger partial charge on any atom is 0.138 e. The van der Waals surface area contributed by atoms with Gasteiger partial charge in [0, 0.05) is 6.54 Å². The Morgan fingerprint density at radius 2 is 2.07 bits per heavy atom. The van der Waals surface area contributed by atoms with Crippen LogP contribution in [0.1, 0.15) is 11.7 Å². The summed E-state index contributed by atoms with van der Waals surface area (Å²) in [5.74, 6) is -0.0333. The molecular formula is C10H16N2O3. The van der Waals surface area contributed by atoms with Gasteiger partial charge < -0.3 is 26.4 Å². The molecule has 1 aromatic rings. The molecule has 0 aliphatic heterocycles. The van der Waals surface area contributed by atoms with Crippen molar-refractivity contribution < 1.29 is 15.3 Å². The number of benzene rings is 1. The van der Waals surface area contributed by atoms with E-state index in [0.29, 0.717) is 5.56 Å². The predicted octanol–water partition coefficient (Wildman–Crippen LogP) is -0.412. The number of phenolic OH excluding ortho intramolecular Hbond substituents is 1. The highest BCUT2D eigenvalue weighted by atomic mass is 16.3. The molecule has 15 heavy (non-hydrogen) atoms. The Hall–Kier alpha value is -1.30. The van der Waals surface area contributed by atoms with Gasteiger partial charge in [-0.15, -0.1) is 0 Å². The molecule has 2 atom stereocenters. The van der Waals surface area contributed by atoms with Gasteiger partial charge in [0.1, 0.15) is 11.9 Å². The second-order valence-corrected chi connectivity index (χ2v) is 3.39. The summed E-state index contributed by atoms with van der Waals surface area (Å²) in [4.78, 5) is 0. The SMILES string of the molecule is CNCC(O)C(O)c1ccc(O)c(N)c1. The number of nitrogens with two attached hydrogens (primary N) is 1. The van der Waals surface area contributed by atoms with Crippen LogP contribution in [0.3, 0.4) is 0 Å². The van der Waals surface area contributed by atoms with Gasteiger partial charge >= 0.3 is 0 Å². The fraction of sp³-hybridized carbons (Fsp3) is 0.400. The number of aliphatic hydroxyl groups excluding tert-OH is 2. The number of hydrogen-bond acceptors (Lipinski definition) is 5. The van der Waals surface area contributed by atoms with Crippen molar-refractivity contribution in [2.75, 3.05) is 19.3 Å². The molecule has 0 spiro atoms. The van der Waals surface area contributed by atoms with E-state index in [4.69, 9.17) is 5.73 Å². The Kier molecular flexibility index (Phi) is 3.90. The number of phenols is 1. The molecule has 0 heterocycles. The molecule has 0 aliphatic rings. The third kappa shape index (κ3) is 2.82. The molecule has 0 saturated heterocycles. The van der Waals surface area contributed by atoms with Crippen LogP contribution in [-0.4, -0.2) is 35.0 Å². The summed E-state index contributed by atoms with van der Waals surface area (Å²) in [6, 6.07) is 4.36. The highest BCUT2D eigenvalue weighted by molar-refractivity contribution is 5.53. The van der Waals surface area contributed by atoms with Crippen LogP contribution in [0.2, 0.25) is 0 Å². The maximum absolute atomic E-state index is 9.71. The molecule has 0 radical (unpaired) electrons. The summed E-state index contributed by atoms with van der Waals surface area (Å²) >= 11 is 0. The molecule has 2 unspecified atom stereocenters. The van der Waals surface area contributed by atoms with Crippen LogP contribution in [-0.2, 0) is 0 Å². The zero-order valence-corrected chi connectivity index (χ0v) is 8.51. The normalized spacial score (nSPS) is 14.9. The number of rotatable bonds is 4. The van der Waals surface area contributed by atoms with E-state index in [0.717, 1.165) is 0 Å². The third-order valence-corrected chi connectivity index (χ3v) is 2.17. The van der Waals surface area contributed by atoms with E-state index in [-0.39, 0.29) is 18.0 Å². The van der Waals surface area contributed by atoms with Gasteiger partial charge in [0.25, 0.3) is 0 Å². The average molecular weight is 212 g/mol. The number of aromatic hydroxyl groups is 1. The highest BCUT2D eigenvalue weighted by Crippen LogP contribution is 2.25. The van der Waals surface area contributed by atoms with Crippen LogP contribution in [0, 0.1) is 0 Å². The van der Waals surface area contributed by atoms with E-state index in [1.54, 1.807) is 7.05 Å². The zero-order valence-electron chi connectivity index (χ0n) is 8.51. The lowest BCUT2D eigenvalue weighted by Crippen LogP contribution is -2.29. The van der Waals surface area contributed by atoms with Gasteiger partial charge in [-0.25, -0.2) is 0 Å². The van der Waals surface area contributed by atoms with E-state index in [2.05, 4.69) is 5.32 Å². The number of nitrogen functional groups attached to an aromatic ring is 1. The fourth-order valence-corrected chi connectivity index (χ4v) is 1.30. The van der Waals surface area contributed by atoms with Crippen molar-refractivity contribution in [3.8, 4) is 5.75 Å². The monoisotopic (exact) mass is 212 g/mol. The quantitative estimate of drug-likeness (QED) is 0.345.